The number of alkyl halides is 3. The molecular weight excluding hydrogens is 249 g/mol. The predicted molar refractivity (Wildman–Crippen MR) is 60.9 cm³/mol. The van der Waals surface area contributed by atoms with Crippen LogP contribution in [0.3, 0.4) is 0 Å². The Bertz CT molecular complexity index is 283. The lowest BCUT2D eigenvalue weighted by molar-refractivity contribution is -0.171. The van der Waals surface area contributed by atoms with Gasteiger partial charge in [-0.05, 0) is 40.5 Å². The Balaban J connectivity index is 4.55. The van der Waals surface area contributed by atoms with Crippen LogP contribution in [0.1, 0.15) is 47.0 Å². The Hall–Kier alpha value is -0.780. The first-order valence-electron chi connectivity index (χ1n) is 5.90. The Morgan fingerprint density at radius 1 is 1.17 bits per heavy atom. The molecule has 1 unspecified atom stereocenters. The SMILES string of the molecule is CCOC(=O)C(C)(C)C(C)(O)CCCC(F)(F)F. The van der Waals surface area contributed by atoms with E-state index in [1.54, 1.807) is 6.92 Å². The molecule has 0 fully saturated rings. The van der Waals surface area contributed by atoms with Gasteiger partial charge in [-0.25, -0.2) is 0 Å². The minimum atomic E-state index is -4.25. The van der Waals surface area contributed by atoms with Gasteiger partial charge in [0.25, 0.3) is 0 Å². The summed E-state index contributed by atoms with van der Waals surface area (Å²) in [6.07, 6.45) is -5.55. The van der Waals surface area contributed by atoms with Crippen LogP contribution >= 0.6 is 0 Å². The summed E-state index contributed by atoms with van der Waals surface area (Å²) in [6.45, 7) is 6.10. The average molecular weight is 270 g/mol. The number of esters is 1. The quantitative estimate of drug-likeness (QED) is 0.754. The van der Waals surface area contributed by atoms with Gasteiger partial charge in [0.2, 0.25) is 0 Å². The van der Waals surface area contributed by atoms with Crippen molar-refractivity contribution in [2.45, 2.75) is 58.7 Å². The molecule has 18 heavy (non-hydrogen) atoms. The maximum atomic E-state index is 12.0. The summed E-state index contributed by atoms with van der Waals surface area (Å²) in [5.74, 6) is -0.609. The van der Waals surface area contributed by atoms with Crippen LogP contribution in [0.15, 0.2) is 0 Å². The average Bonchev–Trinajstić information content (AvgIpc) is 2.15. The Morgan fingerprint density at radius 3 is 2.06 bits per heavy atom. The van der Waals surface area contributed by atoms with Gasteiger partial charge in [-0.15, -0.1) is 0 Å². The molecule has 0 aliphatic rings. The van der Waals surface area contributed by atoms with E-state index in [0.29, 0.717) is 0 Å². The molecule has 6 heteroatoms. The largest absolute Gasteiger partial charge is 0.465 e. The molecule has 0 amide bonds. The van der Waals surface area contributed by atoms with Gasteiger partial charge in [0.1, 0.15) is 0 Å². The highest BCUT2D eigenvalue weighted by Gasteiger charge is 2.46. The Kier molecular flexibility index (Phi) is 5.65. The molecule has 0 saturated heterocycles. The maximum absolute atomic E-state index is 12.0. The molecule has 0 aliphatic heterocycles. The van der Waals surface area contributed by atoms with Gasteiger partial charge in [0.15, 0.2) is 0 Å². The zero-order valence-electron chi connectivity index (χ0n) is 11.2. The molecular formula is C12H21F3O3. The monoisotopic (exact) mass is 270 g/mol. The maximum Gasteiger partial charge on any atom is 0.389 e. The van der Waals surface area contributed by atoms with Crippen molar-refractivity contribution in [1.82, 2.24) is 0 Å². The third kappa shape index (κ3) is 4.84. The summed E-state index contributed by atoms with van der Waals surface area (Å²) < 4.78 is 40.9. The van der Waals surface area contributed by atoms with E-state index in [1.807, 2.05) is 0 Å². The van der Waals surface area contributed by atoms with E-state index in [0.717, 1.165) is 0 Å². The molecule has 0 aromatic rings. The van der Waals surface area contributed by atoms with Crippen LogP contribution in [0.25, 0.3) is 0 Å². The van der Waals surface area contributed by atoms with Crippen LogP contribution in [0.2, 0.25) is 0 Å². The van der Waals surface area contributed by atoms with Crippen LogP contribution in [0.5, 0.6) is 0 Å². The van der Waals surface area contributed by atoms with E-state index in [1.165, 1.54) is 20.8 Å². The summed E-state index contributed by atoms with van der Waals surface area (Å²) in [6, 6.07) is 0. The molecule has 0 bridgehead atoms. The molecule has 0 spiro atoms. The lowest BCUT2D eigenvalue weighted by atomic mass is 9.73. The van der Waals surface area contributed by atoms with E-state index in [2.05, 4.69) is 0 Å². The van der Waals surface area contributed by atoms with Crippen molar-refractivity contribution in [2.75, 3.05) is 6.61 Å². The second-order valence-corrected chi connectivity index (χ2v) is 5.09. The van der Waals surface area contributed by atoms with Crippen LogP contribution in [0.4, 0.5) is 13.2 Å². The smallest absolute Gasteiger partial charge is 0.389 e. The van der Waals surface area contributed by atoms with Crippen molar-refractivity contribution in [1.29, 1.82) is 0 Å². The number of hydrogen-bond donors (Lipinski definition) is 1. The van der Waals surface area contributed by atoms with Gasteiger partial charge in [-0.2, -0.15) is 13.2 Å². The van der Waals surface area contributed by atoms with E-state index in [-0.39, 0.29) is 19.4 Å². The van der Waals surface area contributed by atoms with Gasteiger partial charge >= 0.3 is 12.1 Å². The summed E-state index contributed by atoms with van der Waals surface area (Å²) in [5, 5.41) is 10.2. The summed E-state index contributed by atoms with van der Waals surface area (Å²) in [7, 11) is 0. The van der Waals surface area contributed by atoms with Crippen molar-refractivity contribution in [3.8, 4) is 0 Å². The minimum Gasteiger partial charge on any atom is -0.465 e. The van der Waals surface area contributed by atoms with Gasteiger partial charge in [0, 0.05) is 6.42 Å². The second-order valence-electron chi connectivity index (χ2n) is 5.09. The van der Waals surface area contributed by atoms with Crippen molar-refractivity contribution in [2.24, 2.45) is 5.41 Å². The van der Waals surface area contributed by atoms with Crippen molar-refractivity contribution < 1.29 is 27.8 Å². The summed E-state index contributed by atoms with van der Waals surface area (Å²) in [5.41, 5.74) is -2.78. The Labute approximate surface area is 105 Å². The van der Waals surface area contributed by atoms with Crippen molar-refractivity contribution in [3.63, 3.8) is 0 Å². The molecule has 0 aliphatic carbocycles. The van der Waals surface area contributed by atoms with E-state index >= 15 is 0 Å². The van der Waals surface area contributed by atoms with Gasteiger partial charge < -0.3 is 9.84 Å². The van der Waals surface area contributed by atoms with E-state index in [9.17, 15) is 23.1 Å². The number of aliphatic hydroxyl groups is 1. The Morgan fingerprint density at radius 2 is 1.67 bits per heavy atom. The fraction of sp³-hybridized carbons (Fsp3) is 0.917. The molecule has 0 heterocycles. The van der Waals surface area contributed by atoms with Crippen LogP contribution < -0.4 is 0 Å². The van der Waals surface area contributed by atoms with Crippen molar-refractivity contribution >= 4 is 5.97 Å². The molecule has 0 saturated carbocycles. The van der Waals surface area contributed by atoms with Gasteiger partial charge in [-0.3, -0.25) is 4.79 Å². The zero-order chi connectivity index (χ0) is 14.6. The highest BCUT2D eigenvalue weighted by Crippen LogP contribution is 2.37. The molecule has 1 N–H and O–H groups in total. The second kappa shape index (κ2) is 5.91. The van der Waals surface area contributed by atoms with Crippen LogP contribution in [-0.4, -0.2) is 29.5 Å². The highest BCUT2D eigenvalue weighted by atomic mass is 19.4. The number of halogens is 3. The highest BCUT2D eigenvalue weighted by molar-refractivity contribution is 5.77. The lowest BCUT2D eigenvalue weighted by Gasteiger charge is -2.38. The third-order valence-corrected chi connectivity index (χ3v) is 3.26. The normalized spacial score (nSPS) is 16.2. The van der Waals surface area contributed by atoms with Crippen molar-refractivity contribution in [3.05, 3.63) is 0 Å². The number of ether oxygens (including phenoxy) is 1. The summed E-state index contributed by atoms with van der Waals surface area (Å²) >= 11 is 0. The fourth-order valence-electron chi connectivity index (χ4n) is 1.48. The number of carbonyl (C=O) groups is 1. The number of rotatable bonds is 6. The first-order chi connectivity index (χ1) is 7.94. The molecule has 0 radical (unpaired) electrons. The third-order valence-electron chi connectivity index (χ3n) is 3.26. The summed E-state index contributed by atoms with van der Waals surface area (Å²) in [4.78, 5) is 11.7. The molecule has 3 nitrogen and oxygen atoms in total. The molecule has 0 aromatic heterocycles. The minimum absolute atomic E-state index is 0.113. The zero-order valence-corrected chi connectivity index (χ0v) is 11.2. The number of carbonyl (C=O) groups excluding carboxylic acids is 1. The number of hydrogen-bond acceptors (Lipinski definition) is 3. The van der Waals surface area contributed by atoms with E-state index in [4.69, 9.17) is 4.74 Å². The first kappa shape index (κ1) is 17.2. The lowest BCUT2D eigenvalue weighted by Crippen LogP contribution is -2.48. The van der Waals surface area contributed by atoms with Crippen LogP contribution in [-0.2, 0) is 9.53 Å². The van der Waals surface area contributed by atoms with Gasteiger partial charge in [-0.1, -0.05) is 0 Å². The van der Waals surface area contributed by atoms with E-state index < -0.39 is 29.6 Å². The topological polar surface area (TPSA) is 46.5 Å². The molecule has 0 aromatic carbocycles. The standard InChI is InChI=1S/C12H21F3O3/c1-5-18-9(16)10(2,3)11(4,17)7-6-8-12(13,14)15/h17H,5-8H2,1-4H3. The molecule has 1 atom stereocenters. The fourth-order valence-corrected chi connectivity index (χ4v) is 1.48. The van der Waals surface area contributed by atoms with Gasteiger partial charge in [0.05, 0.1) is 17.6 Å². The first-order valence-corrected chi connectivity index (χ1v) is 5.90. The molecule has 0 rings (SSSR count). The predicted octanol–water partition coefficient (Wildman–Crippen LogP) is 3.06. The molecule has 108 valence electrons. The van der Waals surface area contributed by atoms with Crippen LogP contribution in [0, 0.1) is 5.41 Å².